The zero-order chi connectivity index (χ0) is 19.2. The molecule has 1 aliphatic heterocycles. The van der Waals surface area contributed by atoms with Crippen molar-refractivity contribution in [2.75, 3.05) is 33.3 Å². The number of carbonyl (C=O) groups excluding carboxylic acids is 1. The van der Waals surface area contributed by atoms with Crippen LogP contribution in [0.1, 0.15) is 43.5 Å². The normalized spacial score (nSPS) is 15.3. The van der Waals surface area contributed by atoms with Crippen molar-refractivity contribution in [1.82, 2.24) is 19.9 Å². The number of rotatable bonds is 7. The molecule has 0 atom stereocenters. The molecule has 7 nitrogen and oxygen atoms in total. The van der Waals surface area contributed by atoms with Gasteiger partial charge in [-0.15, -0.1) is 0 Å². The van der Waals surface area contributed by atoms with E-state index in [1.165, 1.54) is 0 Å². The summed E-state index contributed by atoms with van der Waals surface area (Å²) in [4.78, 5) is 21.1. The van der Waals surface area contributed by atoms with Crippen LogP contribution in [0.5, 0.6) is 5.75 Å². The SMILES string of the molecule is COc1ccc(CCC(=O)N2CCN(Cc3nc(C(C)C)no3)CC2)cc1. The Hall–Kier alpha value is -2.41. The van der Waals surface area contributed by atoms with E-state index in [0.29, 0.717) is 18.9 Å². The third kappa shape index (κ3) is 5.29. The number of ether oxygens (including phenoxy) is 1. The Morgan fingerprint density at radius 1 is 1.19 bits per heavy atom. The number of methoxy groups -OCH3 is 1. The van der Waals surface area contributed by atoms with Gasteiger partial charge in [0.2, 0.25) is 11.8 Å². The van der Waals surface area contributed by atoms with Crippen LogP contribution in [0.4, 0.5) is 0 Å². The lowest BCUT2D eigenvalue weighted by molar-refractivity contribution is -0.133. The minimum absolute atomic E-state index is 0.213. The van der Waals surface area contributed by atoms with E-state index in [0.717, 1.165) is 49.7 Å². The monoisotopic (exact) mass is 372 g/mol. The maximum Gasteiger partial charge on any atom is 0.240 e. The Balaban J connectivity index is 1.41. The second kappa shape index (κ2) is 8.99. The van der Waals surface area contributed by atoms with Gasteiger partial charge in [0.15, 0.2) is 5.82 Å². The van der Waals surface area contributed by atoms with E-state index in [1.807, 2.05) is 43.0 Å². The first-order valence-corrected chi connectivity index (χ1v) is 9.50. The van der Waals surface area contributed by atoms with Crippen molar-refractivity contribution in [1.29, 1.82) is 0 Å². The van der Waals surface area contributed by atoms with Gasteiger partial charge in [-0.3, -0.25) is 9.69 Å². The molecule has 1 fully saturated rings. The van der Waals surface area contributed by atoms with Crippen molar-refractivity contribution in [3.8, 4) is 5.75 Å². The molecule has 27 heavy (non-hydrogen) atoms. The predicted molar refractivity (Wildman–Crippen MR) is 102 cm³/mol. The van der Waals surface area contributed by atoms with E-state index < -0.39 is 0 Å². The summed E-state index contributed by atoms with van der Waals surface area (Å²) in [5.41, 5.74) is 1.15. The standard InChI is InChI=1S/C20H28N4O3/c1-15(2)20-21-18(27-22-20)14-23-10-12-24(13-11-23)19(25)9-6-16-4-7-17(26-3)8-5-16/h4-5,7-8,15H,6,9-14H2,1-3H3. The molecule has 1 aliphatic rings. The van der Waals surface area contributed by atoms with E-state index in [2.05, 4.69) is 15.0 Å². The number of hydrogen-bond donors (Lipinski definition) is 0. The maximum absolute atomic E-state index is 12.5. The average molecular weight is 372 g/mol. The van der Waals surface area contributed by atoms with Gasteiger partial charge >= 0.3 is 0 Å². The second-order valence-corrected chi connectivity index (χ2v) is 7.21. The fourth-order valence-electron chi connectivity index (χ4n) is 3.12. The largest absolute Gasteiger partial charge is 0.497 e. The van der Waals surface area contributed by atoms with Gasteiger partial charge in [-0.1, -0.05) is 31.1 Å². The van der Waals surface area contributed by atoms with Crippen molar-refractivity contribution in [3.63, 3.8) is 0 Å². The number of hydrogen-bond acceptors (Lipinski definition) is 6. The number of piperazine rings is 1. The van der Waals surface area contributed by atoms with Crippen molar-refractivity contribution in [3.05, 3.63) is 41.5 Å². The van der Waals surface area contributed by atoms with E-state index in [9.17, 15) is 4.79 Å². The topological polar surface area (TPSA) is 71.7 Å². The number of benzene rings is 1. The first kappa shape index (κ1) is 19.4. The zero-order valence-corrected chi connectivity index (χ0v) is 16.4. The second-order valence-electron chi connectivity index (χ2n) is 7.21. The molecular weight excluding hydrogens is 344 g/mol. The maximum atomic E-state index is 12.5. The van der Waals surface area contributed by atoms with Crippen LogP contribution in [0.15, 0.2) is 28.8 Å². The van der Waals surface area contributed by atoms with Gasteiger partial charge in [-0.2, -0.15) is 4.98 Å². The molecule has 1 aromatic carbocycles. The molecule has 0 aliphatic carbocycles. The summed E-state index contributed by atoms with van der Waals surface area (Å²) in [6.07, 6.45) is 1.29. The van der Waals surface area contributed by atoms with Crippen molar-refractivity contribution in [2.24, 2.45) is 0 Å². The number of amides is 1. The van der Waals surface area contributed by atoms with E-state index >= 15 is 0 Å². The van der Waals surface area contributed by atoms with Gasteiger partial charge in [0.1, 0.15) is 5.75 Å². The van der Waals surface area contributed by atoms with Crippen LogP contribution in [0.3, 0.4) is 0 Å². The Labute approximate surface area is 160 Å². The molecule has 1 amide bonds. The molecule has 2 heterocycles. The van der Waals surface area contributed by atoms with E-state index in [4.69, 9.17) is 9.26 Å². The van der Waals surface area contributed by atoms with E-state index in [1.54, 1.807) is 7.11 Å². The van der Waals surface area contributed by atoms with Crippen molar-refractivity contribution >= 4 is 5.91 Å². The zero-order valence-electron chi connectivity index (χ0n) is 16.4. The smallest absolute Gasteiger partial charge is 0.240 e. The highest BCUT2D eigenvalue weighted by molar-refractivity contribution is 5.76. The molecule has 2 aromatic rings. The first-order valence-electron chi connectivity index (χ1n) is 9.50. The Bertz CT molecular complexity index is 734. The number of aryl methyl sites for hydroxylation is 1. The Morgan fingerprint density at radius 2 is 1.89 bits per heavy atom. The molecule has 0 N–H and O–H groups in total. The number of nitrogens with zero attached hydrogens (tertiary/aromatic N) is 4. The highest BCUT2D eigenvalue weighted by atomic mass is 16.5. The van der Waals surface area contributed by atoms with Gasteiger partial charge in [-0.25, -0.2) is 0 Å². The lowest BCUT2D eigenvalue weighted by Crippen LogP contribution is -2.48. The number of aromatic nitrogens is 2. The number of carbonyl (C=O) groups is 1. The highest BCUT2D eigenvalue weighted by Gasteiger charge is 2.22. The van der Waals surface area contributed by atoms with E-state index in [-0.39, 0.29) is 11.8 Å². The van der Waals surface area contributed by atoms with Gasteiger partial charge in [-0.05, 0) is 24.1 Å². The molecule has 0 unspecified atom stereocenters. The molecule has 146 valence electrons. The molecule has 1 saturated heterocycles. The average Bonchev–Trinajstić information content (AvgIpc) is 3.16. The summed E-state index contributed by atoms with van der Waals surface area (Å²) < 4.78 is 10.5. The summed E-state index contributed by atoms with van der Waals surface area (Å²) in [5.74, 6) is 2.71. The first-order chi connectivity index (χ1) is 13.0. The summed E-state index contributed by atoms with van der Waals surface area (Å²) >= 11 is 0. The van der Waals surface area contributed by atoms with Gasteiger partial charge < -0.3 is 14.2 Å². The minimum Gasteiger partial charge on any atom is -0.497 e. The molecule has 3 rings (SSSR count). The Morgan fingerprint density at radius 3 is 2.48 bits per heavy atom. The summed E-state index contributed by atoms with van der Waals surface area (Å²) in [7, 11) is 1.65. The molecule has 0 saturated carbocycles. The molecule has 0 radical (unpaired) electrons. The third-order valence-corrected chi connectivity index (χ3v) is 4.87. The summed E-state index contributed by atoms with van der Waals surface area (Å²) in [6.45, 7) is 7.88. The van der Waals surface area contributed by atoms with Crippen LogP contribution in [0.2, 0.25) is 0 Å². The molecule has 0 bridgehead atoms. The lowest BCUT2D eigenvalue weighted by atomic mass is 10.1. The van der Waals surface area contributed by atoms with Gasteiger partial charge in [0, 0.05) is 38.5 Å². The molecule has 0 spiro atoms. The minimum atomic E-state index is 0.213. The molecular formula is C20H28N4O3. The van der Waals surface area contributed by atoms with Crippen molar-refractivity contribution < 1.29 is 14.1 Å². The Kier molecular flexibility index (Phi) is 6.45. The van der Waals surface area contributed by atoms with Crippen LogP contribution in [0, 0.1) is 0 Å². The summed E-state index contributed by atoms with van der Waals surface area (Å²) in [5, 5.41) is 4.00. The third-order valence-electron chi connectivity index (χ3n) is 4.87. The van der Waals surface area contributed by atoms with Crippen LogP contribution < -0.4 is 4.74 Å². The van der Waals surface area contributed by atoms with Gasteiger partial charge in [0.05, 0.1) is 13.7 Å². The summed E-state index contributed by atoms with van der Waals surface area (Å²) in [6, 6.07) is 7.89. The van der Waals surface area contributed by atoms with Gasteiger partial charge in [0.25, 0.3) is 0 Å². The van der Waals surface area contributed by atoms with Crippen LogP contribution in [-0.4, -0.2) is 59.1 Å². The quantitative estimate of drug-likeness (QED) is 0.744. The molecule has 1 aromatic heterocycles. The lowest BCUT2D eigenvalue weighted by Gasteiger charge is -2.34. The predicted octanol–water partition coefficient (Wildman–Crippen LogP) is 2.48. The fourth-order valence-corrected chi connectivity index (χ4v) is 3.12. The van der Waals surface area contributed by atoms with Crippen LogP contribution in [-0.2, 0) is 17.8 Å². The highest BCUT2D eigenvalue weighted by Crippen LogP contribution is 2.15. The molecule has 7 heteroatoms. The fraction of sp³-hybridized carbons (Fsp3) is 0.550. The van der Waals surface area contributed by atoms with Crippen molar-refractivity contribution in [2.45, 2.75) is 39.2 Å². The van der Waals surface area contributed by atoms with Crippen LogP contribution >= 0.6 is 0 Å². The van der Waals surface area contributed by atoms with Crippen LogP contribution in [0.25, 0.3) is 0 Å².